The summed E-state index contributed by atoms with van der Waals surface area (Å²) in [5, 5.41) is 6.66. The molecule has 19 heavy (non-hydrogen) atoms. The highest BCUT2D eigenvalue weighted by Crippen LogP contribution is 2.27. The standard InChI is InChI=1S/C13H17ClN2O2.ClH/c1-18-12-7-10(4-5-11(12)14)16-13(17)9-3-2-6-15-8-9;/h4-5,7,9,15H,2-3,6,8H2,1H3,(H,16,17);1H/t9-;/m1./s1. The lowest BCUT2D eigenvalue weighted by atomic mass is 9.99. The maximum atomic E-state index is 12.0. The summed E-state index contributed by atoms with van der Waals surface area (Å²) in [7, 11) is 1.55. The summed E-state index contributed by atoms with van der Waals surface area (Å²) >= 11 is 5.93. The van der Waals surface area contributed by atoms with Crippen molar-refractivity contribution in [3.8, 4) is 5.75 Å². The molecule has 1 amide bonds. The summed E-state index contributed by atoms with van der Waals surface area (Å²) in [5.74, 6) is 0.656. The molecule has 0 aromatic heterocycles. The molecule has 0 spiro atoms. The number of carbonyl (C=O) groups is 1. The van der Waals surface area contributed by atoms with Crippen molar-refractivity contribution in [2.75, 3.05) is 25.5 Å². The third kappa shape index (κ3) is 4.27. The molecule has 0 unspecified atom stereocenters. The highest BCUT2D eigenvalue weighted by molar-refractivity contribution is 6.32. The maximum Gasteiger partial charge on any atom is 0.228 e. The number of piperidine rings is 1. The third-order valence-electron chi connectivity index (χ3n) is 3.09. The zero-order valence-corrected chi connectivity index (χ0v) is 12.3. The molecule has 0 bridgehead atoms. The van der Waals surface area contributed by atoms with Gasteiger partial charge >= 0.3 is 0 Å². The second-order valence-electron chi connectivity index (χ2n) is 4.38. The van der Waals surface area contributed by atoms with Gasteiger partial charge in [0.05, 0.1) is 18.1 Å². The maximum absolute atomic E-state index is 12.0. The van der Waals surface area contributed by atoms with E-state index in [9.17, 15) is 4.79 Å². The quantitative estimate of drug-likeness (QED) is 0.903. The molecule has 1 aromatic rings. The fraction of sp³-hybridized carbons (Fsp3) is 0.462. The molecule has 2 rings (SSSR count). The SMILES string of the molecule is COc1cc(NC(=O)[C@@H]2CCCNC2)ccc1Cl.Cl. The fourth-order valence-corrected chi connectivity index (χ4v) is 2.25. The van der Waals surface area contributed by atoms with Gasteiger partial charge in [-0.25, -0.2) is 0 Å². The van der Waals surface area contributed by atoms with Gasteiger partial charge in [0.1, 0.15) is 5.75 Å². The number of anilines is 1. The minimum atomic E-state index is 0. The summed E-state index contributed by atoms with van der Waals surface area (Å²) < 4.78 is 5.12. The minimum Gasteiger partial charge on any atom is -0.495 e. The van der Waals surface area contributed by atoms with Gasteiger partial charge in [0.25, 0.3) is 0 Å². The average Bonchev–Trinajstić information content (AvgIpc) is 2.42. The molecule has 106 valence electrons. The predicted octanol–water partition coefficient (Wildman–Crippen LogP) is 2.71. The Kier molecular flexibility index (Phi) is 6.42. The molecule has 1 heterocycles. The highest BCUT2D eigenvalue weighted by Gasteiger charge is 2.20. The number of methoxy groups -OCH3 is 1. The van der Waals surface area contributed by atoms with Gasteiger partial charge in [-0.05, 0) is 31.5 Å². The van der Waals surface area contributed by atoms with Gasteiger partial charge in [-0.1, -0.05) is 11.6 Å². The van der Waals surface area contributed by atoms with Crippen molar-refractivity contribution in [1.82, 2.24) is 5.32 Å². The van der Waals surface area contributed by atoms with Crippen LogP contribution in [0.15, 0.2) is 18.2 Å². The van der Waals surface area contributed by atoms with Crippen molar-refractivity contribution in [2.24, 2.45) is 5.92 Å². The van der Waals surface area contributed by atoms with Crippen molar-refractivity contribution in [2.45, 2.75) is 12.8 Å². The fourth-order valence-electron chi connectivity index (χ4n) is 2.06. The summed E-state index contributed by atoms with van der Waals surface area (Å²) in [6.07, 6.45) is 1.98. The van der Waals surface area contributed by atoms with Crippen LogP contribution in [0.2, 0.25) is 5.02 Å². The topological polar surface area (TPSA) is 50.4 Å². The molecule has 4 nitrogen and oxygen atoms in total. The molecule has 1 aromatic carbocycles. The van der Waals surface area contributed by atoms with Crippen LogP contribution in [0.4, 0.5) is 5.69 Å². The van der Waals surface area contributed by atoms with E-state index in [2.05, 4.69) is 10.6 Å². The van der Waals surface area contributed by atoms with Crippen molar-refractivity contribution >= 4 is 35.6 Å². The normalized spacial score (nSPS) is 18.3. The molecule has 1 aliphatic heterocycles. The summed E-state index contributed by atoms with van der Waals surface area (Å²) in [4.78, 5) is 12.0. The van der Waals surface area contributed by atoms with Crippen molar-refractivity contribution in [1.29, 1.82) is 0 Å². The van der Waals surface area contributed by atoms with E-state index in [-0.39, 0.29) is 24.2 Å². The van der Waals surface area contributed by atoms with Gasteiger partial charge in [-0.2, -0.15) is 0 Å². The van der Waals surface area contributed by atoms with E-state index >= 15 is 0 Å². The lowest BCUT2D eigenvalue weighted by Crippen LogP contribution is -2.37. The number of halogens is 2. The summed E-state index contributed by atoms with van der Waals surface area (Å²) in [6, 6.07) is 5.23. The van der Waals surface area contributed by atoms with Crippen LogP contribution in [0.1, 0.15) is 12.8 Å². The van der Waals surface area contributed by atoms with E-state index in [4.69, 9.17) is 16.3 Å². The number of benzene rings is 1. The lowest BCUT2D eigenvalue weighted by molar-refractivity contribution is -0.120. The number of hydrogen-bond acceptors (Lipinski definition) is 3. The lowest BCUT2D eigenvalue weighted by Gasteiger charge is -2.22. The van der Waals surface area contributed by atoms with Crippen LogP contribution in [0.25, 0.3) is 0 Å². The number of amides is 1. The predicted molar refractivity (Wildman–Crippen MR) is 79.5 cm³/mol. The molecule has 0 aliphatic carbocycles. The highest BCUT2D eigenvalue weighted by atomic mass is 35.5. The zero-order chi connectivity index (χ0) is 13.0. The van der Waals surface area contributed by atoms with Crippen LogP contribution < -0.4 is 15.4 Å². The Morgan fingerprint density at radius 3 is 2.95 bits per heavy atom. The summed E-state index contributed by atoms with van der Waals surface area (Å²) in [5.41, 5.74) is 0.715. The number of rotatable bonds is 3. The second kappa shape index (κ2) is 7.58. The van der Waals surface area contributed by atoms with Crippen molar-refractivity contribution < 1.29 is 9.53 Å². The first-order chi connectivity index (χ1) is 8.70. The Labute approximate surface area is 124 Å². The first-order valence-electron chi connectivity index (χ1n) is 6.06. The molecule has 2 N–H and O–H groups in total. The Morgan fingerprint density at radius 2 is 2.32 bits per heavy atom. The Morgan fingerprint density at radius 1 is 1.53 bits per heavy atom. The molecule has 0 radical (unpaired) electrons. The number of carbonyl (C=O) groups excluding carboxylic acids is 1. The Hall–Kier alpha value is -0.970. The molecular weight excluding hydrogens is 287 g/mol. The van der Waals surface area contributed by atoms with Gasteiger partial charge in [0, 0.05) is 18.3 Å². The van der Waals surface area contributed by atoms with Crippen molar-refractivity contribution in [3.05, 3.63) is 23.2 Å². The van der Waals surface area contributed by atoms with Crippen molar-refractivity contribution in [3.63, 3.8) is 0 Å². The van der Waals surface area contributed by atoms with Gasteiger partial charge in [0.15, 0.2) is 0 Å². The van der Waals surface area contributed by atoms with E-state index in [0.717, 1.165) is 25.9 Å². The molecule has 1 fully saturated rings. The molecule has 0 saturated carbocycles. The van der Waals surface area contributed by atoms with Crippen LogP contribution >= 0.6 is 24.0 Å². The van der Waals surface area contributed by atoms with Crippen LogP contribution in [0, 0.1) is 5.92 Å². The Bertz CT molecular complexity index is 435. The van der Waals surface area contributed by atoms with Crippen LogP contribution in [0.5, 0.6) is 5.75 Å². The largest absolute Gasteiger partial charge is 0.495 e. The second-order valence-corrected chi connectivity index (χ2v) is 4.79. The molecular formula is C13H18Cl2N2O2. The number of hydrogen-bond donors (Lipinski definition) is 2. The van der Waals surface area contributed by atoms with Gasteiger partial charge in [0.2, 0.25) is 5.91 Å². The first-order valence-corrected chi connectivity index (χ1v) is 6.43. The molecule has 1 atom stereocenters. The smallest absolute Gasteiger partial charge is 0.228 e. The summed E-state index contributed by atoms with van der Waals surface area (Å²) in [6.45, 7) is 1.75. The van der Waals surface area contributed by atoms with Gasteiger partial charge in [-0.15, -0.1) is 12.4 Å². The average molecular weight is 305 g/mol. The van der Waals surface area contributed by atoms with E-state index in [1.165, 1.54) is 0 Å². The van der Waals surface area contributed by atoms with Crippen LogP contribution in [-0.4, -0.2) is 26.1 Å². The van der Waals surface area contributed by atoms with E-state index in [1.807, 2.05) is 0 Å². The first kappa shape index (κ1) is 16.1. The third-order valence-corrected chi connectivity index (χ3v) is 3.40. The van der Waals surface area contributed by atoms with E-state index in [0.29, 0.717) is 16.5 Å². The Balaban J connectivity index is 0.00000180. The minimum absolute atomic E-state index is 0. The van der Waals surface area contributed by atoms with E-state index in [1.54, 1.807) is 25.3 Å². The number of nitrogens with one attached hydrogen (secondary N) is 2. The molecule has 1 saturated heterocycles. The molecule has 6 heteroatoms. The van der Waals surface area contributed by atoms with E-state index < -0.39 is 0 Å². The number of ether oxygens (including phenoxy) is 1. The van der Waals surface area contributed by atoms with Gasteiger partial charge in [-0.3, -0.25) is 4.79 Å². The van der Waals surface area contributed by atoms with Crippen LogP contribution in [0.3, 0.4) is 0 Å². The van der Waals surface area contributed by atoms with Crippen LogP contribution in [-0.2, 0) is 4.79 Å². The molecule has 1 aliphatic rings. The van der Waals surface area contributed by atoms with Gasteiger partial charge < -0.3 is 15.4 Å². The monoisotopic (exact) mass is 304 g/mol. The zero-order valence-electron chi connectivity index (χ0n) is 10.7.